The van der Waals surface area contributed by atoms with Gasteiger partial charge in [-0.2, -0.15) is 0 Å². The van der Waals surface area contributed by atoms with Crippen molar-refractivity contribution in [1.29, 1.82) is 0 Å². The normalized spacial score (nSPS) is 21.8. The number of fused-ring (bicyclic) bond motifs is 1. The molecular formula is C23H30N2O2. The number of piperidine rings is 1. The monoisotopic (exact) mass is 366 g/mol. The number of nitrogens with zero attached hydrogens (tertiary/aromatic N) is 1. The molecule has 1 saturated heterocycles. The highest BCUT2D eigenvalue weighted by molar-refractivity contribution is 5.40. The predicted molar refractivity (Wildman–Crippen MR) is 108 cm³/mol. The van der Waals surface area contributed by atoms with Gasteiger partial charge in [0.25, 0.3) is 0 Å². The number of hydrogen-bond donors (Lipinski definition) is 1. The maximum absolute atomic E-state index is 6.27. The minimum absolute atomic E-state index is 0.0678. The lowest BCUT2D eigenvalue weighted by Gasteiger charge is -2.40. The molecule has 4 nitrogen and oxygen atoms in total. The van der Waals surface area contributed by atoms with E-state index < -0.39 is 0 Å². The van der Waals surface area contributed by atoms with Crippen LogP contribution in [0.5, 0.6) is 11.5 Å². The second-order valence-corrected chi connectivity index (χ2v) is 7.83. The third-order valence-electron chi connectivity index (χ3n) is 5.89. The fourth-order valence-electron chi connectivity index (χ4n) is 4.48. The van der Waals surface area contributed by atoms with Crippen molar-refractivity contribution in [3.63, 3.8) is 0 Å². The molecule has 0 bridgehead atoms. The highest BCUT2D eigenvalue weighted by atomic mass is 16.6. The summed E-state index contributed by atoms with van der Waals surface area (Å²) in [5, 5.41) is 3.52. The summed E-state index contributed by atoms with van der Waals surface area (Å²) >= 11 is 0. The molecule has 0 radical (unpaired) electrons. The minimum Gasteiger partial charge on any atom is -0.486 e. The zero-order valence-electron chi connectivity index (χ0n) is 16.4. The van der Waals surface area contributed by atoms with E-state index in [2.05, 4.69) is 41.4 Å². The highest BCUT2D eigenvalue weighted by Crippen LogP contribution is 2.34. The number of hydrogen-bond acceptors (Lipinski definition) is 4. The molecular weight excluding hydrogens is 336 g/mol. The molecule has 0 amide bonds. The van der Waals surface area contributed by atoms with Gasteiger partial charge in [-0.3, -0.25) is 4.90 Å². The van der Waals surface area contributed by atoms with Crippen molar-refractivity contribution < 1.29 is 9.47 Å². The Morgan fingerprint density at radius 1 is 1.07 bits per heavy atom. The summed E-state index contributed by atoms with van der Waals surface area (Å²) in [5.41, 5.74) is 2.76. The molecule has 0 aliphatic carbocycles. The summed E-state index contributed by atoms with van der Waals surface area (Å²) in [6.07, 6.45) is 2.45. The van der Waals surface area contributed by atoms with Crippen LogP contribution in [0.1, 0.15) is 24.0 Å². The molecule has 4 rings (SSSR count). The van der Waals surface area contributed by atoms with Crippen LogP contribution in [0.2, 0.25) is 0 Å². The fraction of sp³-hybridized carbons (Fsp3) is 0.478. The largest absolute Gasteiger partial charge is 0.486 e. The number of likely N-dealkylation sites (tertiary alicyclic amines) is 1. The zero-order valence-corrected chi connectivity index (χ0v) is 16.4. The third kappa shape index (κ3) is 4.28. The molecule has 144 valence electrons. The van der Waals surface area contributed by atoms with E-state index in [9.17, 15) is 0 Å². The van der Waals surface area contributed by atoms with Crippen LogP contribution in [-0.4, -0.2) is 43.8 Å². The Bertz CT molecular complexity index is 756. The van der Waals surface area contributed by atoms with E-state index in [0.29, 0.717) is 18.6 Å². The lowest BCUT2D eigenvalue weighted by atomic mass is 9.86. The van der Waals surface area contributed by atoms with Crippen molar-refractivity contribution in [3.8, 4) is 11.5 Å². The molecule has 0 aromatic heterocycles. The smallest absolute Gasteiger partial charge is 0.161 e. The summed E-state index contributed by atoms with van der Waals surface area (Å²) in [6.45, 7) is 6.11. The van der Waals surface area contributed by atoms with Crippen molar-refractivity contribution in [3.05, 3.63) is 59.7 Å². The molecule has 0 spiro atoms. The maximum Gasteiger partial charge on any atom is 0.161 e. The first-order valence-electron chi connectivity index (χ1n) is 10.1. The number of likely N-dealkylation sites (N-methyl/N-ethyl adjacent to an activating group) is 1. The molecule has 2 heterocycles. The van der Waals surface area contributed by atoms with E-state index in [-0.39, 0.29) is 6.10 Å². The Kier molecular flexibility index (Phi) is 5.65. The second-order valence-electron chi connectivity index (χ2n) is 7.83. The van der Waals surface area contributed by atoms with Gasteiger partial charge in [-0.15, -0.1) is 0 Å². The second kappa shape index (κ2) is 8.32. The number of ether oxygens (including phenoxy) is 2. The Hall–Kier alpha value is -2.04. The molecule has 2 aliphatic heterocycles. The first kappa shape index (κ1) is 18.3. The van der Waals surface area contributed by atoms with Crippen LogP contribution in [0.4, 0.5) is 0 Å². The van der Waals surface area contributed by atoms with E-state index in [1.807, 2.05) is 31.3 Å². The molecule has 27 heavy (non-hydrogen) atoms. The maximum atomic E-state index is 6.27. The number of nitrogens with one attached hydrogen (secondary N) is 1. The van der Waals surface area contributed by atoms with Gasteiger partial charge in [-0.05, 0) is 63.5 Å². The van der Waals surface area contributed by atoms with Gasteiger partial charge in [0.15, 0.2) is 11.5 Å². The lowest BCUT2D eigenvalue weighted by Crippen LogP contribution is -2.53. The van der Waals surface area contributed by atoms with Crippen LogP contribution in [-0.2, 0) is 6.54 Å². The van der Waals surface area contributed by atoms with E-state index in [4.69, 9.17) is 9.47 Å². The number of aryl methyl sites for hydroxylation is 1. The predicted octanol–water partition coefficient (Wildman–Crippen LogP) is 3.64. The number of benzene rings is 2. The van der Waals surface area contributed by atoms with Gasteiger partial charge in [0.05, 0.1) is 6.04 Å². The van der Waals surface area contributed by atoms with Crippen molar-refractivity contribution in [2.24, 2.45) is 5.92 Å². The van der Waals surface area contributed by atoms with Crippen molar-refractivity contribution in [2.45, 2.75) is 38.5 Å². The van der Waals surface area contributed by atoms with Crippen molar-refractivity contribution in [2.75, 3.05) is 26.7 Å². The topological polar surface area (TPSA) is 33.7 Å². The fourth-order valence-corrected chi connectivity index (χ4v) is 4.48. The Morgan fingerprint density at radius 2 is 1.85 bits per heavy atom. The van der Waals surface area contributed by atoms with E-state index in [1.165, 1.54) is 24.0 Å². The van der Waals surface area contributed by atoms with Crippen molar-refractivity contribution in [1.82, 2.24) is 10.2 Å². The lowest BCUT2D eigenvalue weighted by molar-refractivity contribution is 0.0308. The summed E-state index contributed by atoms with van der Waals surface area (Å²) in [6, 6.07) is 17.1. The zero-order chi connectivity index (χ0) is 18.6. The Labute approximate surface area is 162 Å². The quantitative estimate of drug-likeness (QED) is 0.876. The van der Waals surface area contributed by atoms with Gasteiger partial charge < -0.3 is 14.8 Å². The molecule has 1 N–H and O–H groups in total. The van der Waals surface area contributed by atoms with Crippen LogP contribution in [0.15, 0.2) is 48.5 Å². The average Bonchev–Trinajstić information content (AvgIpc) is 2.70. The molecule has 0 saturated carbocycles. The van der Waals surface area contributed by atoms with Crippen LogP contribution in [0.3, 0.4) is 0 Å². The standard InChI is InChI=1S/C23H30N2O2/c1-17-6-5-7-18(14-17)15-25-12-10-19(11-13-25)23(24-2)22-16-26-20-8-3-4-9-21(20)27-22/h3-9,14,19,22-24H,10-13,15-16H2,1-2H3. The Balaban J connectivity index is 1.34. The average molecular weight is 367 g/mol. The summed E-state index contributed by atoms with van der Waals surface area (Å²) < 4.78 is 12.2. The molecule has 2 unspecified atom stereocenters. The minimum atomic E-state index is 0.0678. The molecule has 2 aromatic rings. The van der Waals surface area contributed by atoms with Gasteiger partial charge >= 0.3 is 0 Å². The molecule has 2 atom stereocenters. The van der Waals surface area contributed by atoms with Gasteiger partial charge in [0.2, 0.25) is 0 Å². The highest BCUT2D eigenvalue weighted by Gasteiger charge is 2.35. The molecule has 2 aromatic carbocycles. The van der Waals surface area contributed by atoms with E-state index in [1.54, 1.807) is 0 Å². The van der Waals surface area contributed by atoms with Gasteiger partial charge in [0, 0.05) is 6.54 Å². The van der Waals surface area contributed by atoms with Gasteiger partial charge in [-0.25, -0.2) is 0 Å². The van der Waals surface area contributed by atoms with E-state index in [0.717, 1.165) is 31.1 Å². The molecule has 2 aliphatic rings. The molecule has 4 heteroatoms. The van der Waals surface area contributed by atoms with Gasteiger partial charge in [-0.1, -0.05) is 42.0 Å². The number of para-hydroxylation sites is 2. The number of rotatable bonds is 5. The van der Waals surface area contributed by atoms with Crippen LogP contribution in [0, 0.1) is 12.8 Å². The third-order valence-corrected chi connectivity index (χ3v) is 5.89. The van der Waals surface area contributed by atoms with Crippen molar-refractivity contribution >= 4 is 0 Å². The first-order valence-corrected chi connectivity index (χ1v) is 10.1. The van der Waals surface area contributed by atoms with Crippen LogP contribution in [0.25, 0.3) is 0 Å². The Morgan fingerprint density at radius 3 is 2.59 bits per heavy atom. The van der Waals surface area contributed by atoms with Crippen LogP contribution < -0.4 is 14.8 Å². The summed E-state index contributed by atoms with van der Waals surface area (Å²) in [4.78, 5) is 2.57. The van der Waals surface area contributed by atoms with Crippen LogP contribution >= 0.6 is 0 Å². The summed E-state index contributed by atoms with van der Waals surface area (Å²) in [7, 11) is 2.05. The van der Waals surface area contributed by atoms with Gasteiger partial charge in [0.1, 0.15) is 12.7 Å². The summed E-state index contributed by atoms with van der Waals surface area (Å²) in [5.74, 6) is 2.34. The SMILES string of the molecule is CNC(C1CCN(Cc2cccc(C)c2)CC1)C1COc2ccccc2O1. The molecule has 1 fully saturated rings. The first-order chi connectivity index (χ1) is 13.2. The van der Waals surface area contributed by atoms with E-state index >= 15 is 0 Å².